The van der Waals surface area contributed by atoms with Gasteiger partial charge in [0.25, 0.3) is 17.5 Å². The highest BCUT2D eigenvalue weighted by molar-refractivity contribution is 5.96. The van der Waals surface area contributed by atoms with E-state index >= 15 is 0 Å². The van der Waals surface area contributed by atoms with Gasteiger partial charge in [0.15, 0.2) is 0 Å². The van der Waals surface area contributed by atoms with E-state index < -0.39 is 4.92 Å². The number of nitrogens with zero attached hydrogens (tertiary/aromatic N) is 1. The van der Waals surface area contributed by atoms with E-state index in [9.17, 15) is 19.7 Å². The van der Waals surface area contributed by atoms with Gasteiger partial charge < -0.3 is 10.6 Å². The molecule has 0 unspecified atom stereocenters. The molecule has 0 aliphatic rings. The fourth-order valence-electron chi connectivity index (χ4n) is 2.26. The van der Waals surface area contributed by atoms with Crippen LogP contribution in [0, 0.1) is 17.0 Å². The van der Waals surface area contributed by atoms with Gasteiger partial charge in [-0.2, -0.15) is 0 Å². The quantitative estimate of drug-likeness (QED) is 0.649. The molecule has 24 heavy (non-hydrogen) atoms. The van der Waals surface area contributed by atoms with Gasteiger partial charge in [-0.15, -0.1) is 0 Å². The molecule has 0 aliphatic heterocycles. The van der Waals surface area contributed by atoms with Crippen LogP contribution in [0.4, 0.5) is 5.69 Å². The zero-order valence-corrected chi connectivity index (χ0v) is 13.3. The summed E-state index contributed by atoms with van der Waals surface area (Å²) in [4.78, 5) is 34.1. The summed E-state index contributed by atoms with van der Waals surface area (Å²) in [7, 11) is 1.55. The van der Waals surface area contributed by atoms with Crippen molar-refractivity contribution < 1.29 is 14.5 Å². The molecule has 0 heterocycles. The molecular weight excluding hydrogens is 310 g/mol. The Bertz CT molecular complexity index is 785. The molecule has 124 valence electrons. The number of nitrogens with one attached hydrogen (secondary N) is 2. The topological polar surface area (TPSA) is 101 Å². The molecular formula is C17H17N3O4. The van der Waals surface area contributed by atoms with Crippen molar-refractivity contribution >= 4 is 17.5 Å². The first-order valence-corrected chi connectivity index (χ1v) is 7.27. The van der Waals surface area contributed by atoms with Crippen LogP contribution >= 0.6 is 0 Å². The first kappa shape index (κ1) is 17.1. The van der Waals surface area contributed by atoms with Gasteiger partial charge in [-0.05, 0) is 30.7 Å². The predicted octanol–water partition coefficient (Wildman–Crippen LogP) is 2.19. The van der Waals surface area contributed by atoms with Gasteiger partial charge in [0.1, 0.15) is 0 Å². The molecule has 0 aliphatic carbocycles. The smallest absolute Gasteiger partial charge is 0.273 e. The maximum Gasteiger partial charge on any atom is 0.273 e. The van der Waals surface area contributed by atoms with Crippen molar-refractivity contribution in [2.45, 2.75) is 13.5 Å². The summed E-state index contributed by atoms with van der Waals surface area (Å²) in [6.45, 7) is 1.81. The van der Waals surface area contributed by atoms with Crippen LogP contribution in [-0.4, -0.2) is 23.8 Å². The second kappa shape index (κ2) is 7.36. The number of hydrogen-bond donors (Lipinski definition) is 2. The summed E-state index contributed by atoms with van der Waals surface area (Å²) in [6, 6.07) is 11.2. The van der Waals surface area contributed by atoms with Crippen molar-refractivity contribution in [1.82, 2.24) is 10.6 Å². The highest BCUT2D eigenvalue weighted by Gasteiger charge is 2.17. The van der Waals surface area contributed by atoms with Crippen molar-refractivity contribution in [3.05, 3.63) is 74.8 Å². The van der Waals surface area contributed by atoms with E-state index in [2.05, 4.69) is 10.6 Å². The first-order chi connectivity index (χ1) is 11.4. The molecule has 0 radical (unpaired) electrons. The monoisotopic (exact) mass is 327 g/mol. The fraction of sp³-hybridized carbons (Fsp3) is 0.176. The van der Waals surface area contributed by atoms with Crippen molar-refractivity contribution in [2.75, 3.05) is 7.05 Å². The molecule has 0 saturated heterocycles. The van der Waals surface area contributed by atoms with Gasteiger partial charge in [0.2, 0.25) is 0 Å². The molecule has 0 saturated carbocycles. The molecule has 7 heteroatoms. The molecule has 7 nitrogen and oxygen atoms in total. The Kier molecular flexibility index (Phi) is 5.26. The average Bonchev–Trinajstić information content (AvgIpc) is 2.59. The zero-order chi connectivity index (χ0) is 17.7. The summed E-state index contributed by atoms with van der Waals surface area (Å²) < 4.78 is 0. The third kappa shape index (κ3) is 3.75. The zero-order valence-electron chi connectivity index (χ0n) is 13.3. The molecule has 2 N–H and O–H groups in total. The van der Waals surface area contributed by atoms with Gasteiger partial charge in [-0.1, -0.05) is 18.2 Å². The van der Waals surface area contributed by atoms with Crippen LogP contribution in [0.1, 0.15) is 31.8 Å². The Morgan fingerprint density at radius 1 is 1.08 bits per heavy atom. The molecule has 0 fully saturated rings. The predicted molar refractivity (Wildman–Crippen MR) is 88.8 cm³/mol. The number of nitro groups is 1. The summed E-state index contributed by atoms with van der Waals surface area (Å²) in [6.07, 6.45) is 0. The van der Waals surface area contributed by atoms with Crippen LogP contribution < -0.4 is 10.6 Å². The highest BCUT2D eigenvalue weighted by atomic mass is 16.6. The minimum atomic E-state index is -0.510. The fourth-order valence-corrected chi connectivity index (χ4v) is 2.26. The van der Waals surface area contributed by atoms with E-state index in [-0.39, 0.29) is 29.6 Å². The Hall–Kier alpha value is -3.22. The van der Waals surface area contributed by atoms with Gasteiger partial charge in [0.05, 0.1) is 4.92 Å². The van der Waals surface area contributed by atoms with E-state index in [1.807, 2.05) is 0 Å². The number of carbonyl (C=O) groups is 2. The summed E-state index contributed by atoms with van der Waals surface area (Å²) >= 11 is 0. The Morgan fingerprint density at radius 3 is 2.33 bits per heavy atom. The number of benzene rings is 2. The molecule has 0 aromatic heterocycles. The standard InChI is InChI=1S/C17H17N3O4/c1-11-14(4-3-5-15(11)20(23)24)17(22)19-10-12-6-8-13(9-7-12)16(21)18-2/h3-9H,10H2,1-2H3,(H,18,21)(H,19,22). The minimum absolute atomic E-state index is 0.0856. The molecule has 2 aromatic carbocycles. The molecule has 2 rings (SSSR count). The lowest BCUT2D eigenvalue weighted by atomic mass is 10.1. The minimum Gasteiger partial charge on any atom is -0.355 e. The highest BCUT2D eigenvalue weighted by Crippen LogP contribution is 2.21. The van der Waals surface area contributed by atoms with E-state index in [1.165, 1.54) is 12.1 Å². The summed E-state index contributed by atoms with van der Waals surface area (Å²) in [5.74, 6) is -0.565. The number of carbonyl (C=O) groups excluding carboxylic acids is 2. The van der Waals surface area contributed by atoms with Gasteiger partial charge >= 0.3 is 0 Å². The Morgan fingerprint density at radius 2 is 1.75 bits per heavy atom. The van der Waals surface area contributed by atoms with Crippen LogP contribution in [0.25, 0.3) is 0 Å². The van der Waals surface area contributed by atoms with Gasteiger partial charge in [0, 0.05) is 36.3 Å². The second-order valence-electron chi connectivity index (χ2n) is 5.17. The lowest BCUT2D eigenvalue weighted by Crippen LogP contribution is -2.24. The lowest BCUT2D eigenvalue weighted by molar-refractivity contribution is -0.385. The van der Waals surface area contributed by atoms with E-state index in [0.29, 0.717) is 11.1 Å². The summed E-state index contributed by atoms with van der Waals surface area (Å²) in [5.41, 5.74) is 1.86. The largest absolute Gasteiger partial charge is 0.355 e. The first-order valence-electron chi connectivity index (χ1n) is 7.27. The number of nitro benzene ring substituents is 1. The third-order valence-corrected chi connectivity index (χ3v) is 3.64. The molecule has 2 amide bonds. The number of rotatable bonds is 5. The Labute approximate surface area is 138 Å². The van der Waals surface area contributed by atoms with Crippen LogP contribution in [0.15, 0.2) is 42.5 Å². The van der Waals surface area contributed by atoms with Crippen molar-refractivity contribution in [3.8, 4) is 0 Å². The van der Waals surface area contributed by atoms with Gasteiger partial charge in [-0.25, -0.2) is 0 Å². The molecule has 0 bridgehead atoms. The molecule has 2 aromatic rings. The maximum absolute atomic E-state index is 12.2. The third-order valence-electron chi connectivity index (χ3n) is 3.64. The molecule has 0 spiro atoms. The number of hydrogen-bond acceptors (Lipinski definition) is 4. The number of amides is 2. The van der Waals surface area contributed by atoms with Crippen LogP contribution in [0.3, 0.4) is 0 Å². The normalized spacial score (nSPS) is 10.1. The average molecular weight is 327 g/mol. The second-order valence-corrected chi connectivity index (χ2v) is 5.17. The van der Waals surface area contributed by atoms with Crippen LogP contribution in [0.2, 0.25) is 0 Å². The maximum atomic E-state index is 12.2. The van der Waals surface area contributed by atoms with Gasteiger partial charge in [-0.3, -0.25) is 19.7 Å². The van der Waals surface area contributed by atoms with E-state index in [1.54, 1.807) is 44.3 Å². The summed E-state index contributed by atoms with van der Waals surface area (Å²) in [5, 5.41) is 16.2. The lowest BCUT2D eigenvalue weighted by Gasteiger charge is -2.08. The van der Waals surface area contributed by atoms with Crippen LogP contribution in [-0.2, 0) is 6.54 Å². The van der Waals surface area contributed by atoms with Crippen molar-refractivity contribution in [1.29, 1.82) is 0 Å². The SMILES string of the molecule is CNC(=O)c1ccc(CNC(=O)c2cccc([N+](=O)[O-])c2C)cc1. The van der Waals surface area contributed by atoms with E-state index in [4.69, 9.17) is 0 Å². The van der Waals surface area contributed by atoms with Crippen molar-refractivity contribution in [2.24, 2.45) is 0 Å². The Balaban J connectivity index is 2.07. The molecule has 0 atom stereocenters. The van der Waals surface area contributed by atoms with Crippen molar-refractivity contribution in [3.63, 3.8) is 0 Å². The van der Waals surface area contributed by atoms with E-state index in [0.717, 1.165) is 5.56 Å². The van der Waals surface area contributed by atoms with Crippen LogP contribution in [0.5, 0.6) is 0 Å².